The fraction of sp³-hybridized carbons (Fsp3) is 0.417. The zero-order chi connectivity index (χ0) is 15.2. The molecule has 0 radical (unpaired) electrons. The lowest BCUT2D eigenvalue weighted by Crippen LogP contribution is -2.03. The van der Waals surface area contributed by atoms with E-state index in [0.717, 1.165) is 25.2 Å². The average molecular weight is 325 g/mol. The minimum absolute atomic E-state index is 0.0182. The second-order valence-corrected chi connectivity index (χ2v) is 6.12. The molecule has 0 amide bonds. The highest BCUT2D eigenvalue weighted by Crippen LogP contribution is 2.34. The first kappa shape index (κ1) is 15.6. The molecule has 2 rings (SSSR count). The highest BCUT2D eigenvalue weighted by atomic mass is 32.2. The zero-order valence-corrected chi connectivity index (χ0v) is 13.3. The molecule has 0 aliphatic heterocycles. The van der Waals surface area contributed by atoms with Gasteiger partial charge in [0.25, 0.3) is 0 Å². The lowest BCUT2D eigenvalue weighted by Gasteiger charge is -2.05. The van der Waals surface area contributed by atoms with Crippen molar-refractivity contribution in [3.63, 3.8) is 0 Å². The Bertz CT molecular complexity index is 632. The summed E-state index contributed by atoms with van der Waals surface area (Å²) in [5.41, 5.74) is -0.0182. The third-order valence-corrected chi connectivity index (χ3v) is 4.33. The molecule has 1 N–H and O–H groups in total. The smallest absolute Gasteiger partial charge is 0.301 e. The van der Waals surface area contributed by atoms with E-state index >= 15 is 0 Å². The molecular formula is C12H15N5O2S2. The van der Waals surface area contributed by atoms with Crippen LogP contribution < -0.4 is 5.32 Å². The summed E-state index contributed by atoms with van der Waals surface area (Å²) in [5, 5.41) is 14.6. The highest BCUT2D eigenvalue weighted by Gasteiger charge is 2.19. The molecule has 2 aromatic heterocycles. The molecule has 112 valence electrons. The summed E-state index contributed by atoms with van der Waals surface area (Å²) in [4.78, 5) is 19.3. The van der Waals surface area contributed by atoms with Crippen molar-refractivity contribution >= 4 is 34.8 Å². The van der Waals surface area contributed by atoms with Crippen molar-refractivity contribution in [2.75, 3.05) is 11.9 Å². The Morgan fingerprint density at radius 1 is 1.38 bits per heavy atom. The van der Waals surface area contributed by atoms with Crippen LogP contribution in [0.5, 0.6) is 0 Å². The summed E-state index contributed by atoms with van der Waals surface area (Å²) in [6.45, 7) is 4.78. The average Bonchev–Trinajstić information content (AvgIpc) is 2.92. The summed E-state index contributed by atoms with van der Waals surface area (Å²) < 4.78 is 4.84. The number of anilines is 1. The Kier molecular flexibility index (Phi) is 5.45. The molecule has 0 bridgehead atoms. The summed E-state index contributed by atoms with van der Waals surface area (Å²) in [6, 6.07) is 3.09. The summed E-state index contributed by atoms with van der Waals surface area (Å²) in [6.07, 6.45) is 1.70. The van der Waals surface area contributed by atoms with Crippen LogP contribution >= 0.6 is 23.3 Å². The van der Waals surface area contributed by atoms with Crippen LogP contribution in [0.3, 0.4) is 0 Å². The van der Waals surface area contributed by atoms with Gasteiger partial charge in [-0.3, -0.25) is 10.1 Å². The lowest BCUT2D eigenvalue weighted by molar-refractivity contribution is -0.388. The minimum Gasteiger partial charge on any atom is -0.370 e. The van der Waals surface area contributed by atoms with Crippen LogP contribution in [0.2, 0.25) is 0 Å². The van der Waals surface area contributed by atoms with Gasteiger partial charge < -0.3 is 5.32 Å². The van der Waals surface area contributed by atoms with E-state index in [1.54, 1.807) is 6.07 Å². The molecule has 21 heavy (non-hydrogen) atoms. The maximum atomic E-state index is 11.1. The Labute approximate surface area is 130 Å². The standard InChI is InChI=1S/C12H15N5O2S2/c1-3-7-13-10-6-5-8(17(18)19)11(14-10)20-12-15-9(4-2)16-21-12/h5-6H,3-4,7H2,1-2H3,(H,13,14). The molecule has 0 aromatic carbocycles. The molecule has 0 saturated carbocycles. The van der Waals surface area contributed by atoms with E-state index in [9.17, 15) is 10.1 Å². The van der Waals surface area contributed by atoms with Crippen molar-refractivity contribution in [1.82, 2.24) is 14.3 Å². The van der Waals surface area contributed by atoms with Gasteiger partial charge in [-0.05, 0) is 35.8 Å². The van der Waals surface area contributed by atoms with Crippen molar-refractivity contribution in [2.24, 2.45) is 0 Å². The van der Waals surface area contributed by atoms with E-state index < -0.39 is 4.92 Å². The number of nitrogens with zero attached hydrogens (tertiary/aromatic N) is 4. The lowest BCUT2D eigenvalue weighted by atomic mass is 10.4. The van der Waals surface area contributed by atoms with Crippen LogP contribution in [0, 0.1) is 10.1 Å². The van der Waals surface area contributed by atoms with Crippen LogP contribution in [0.25, 0.3) is 0 Å². The Morgan fingerprint density at radius 3 is 2.81 bits per heavy atom. The molecular weight excluding hydrogens is 310 g/mol. The predicted octanol–water partition coefficient (Wildman–Crippen LogP) is 3.38. The van der Waals surface area contributed by atoms with Gasteiger partial charge in [0, 0.05) is 19.0 Å². The van der Waals surface area contributed by atoms with Crippen LogP contribution in [0.4, 0.5) is 11.5 Å². The fourth-order valence-electron chi connectivity index (χ4n) is 1.50. The Morgan fingerprint density at radius 2 is 2.19 bits per heavy atom. The third-order valence-electron chi connectivity index (χ3n) is 2.54. The SMILES string of the molecule is CCCNc1ccc([N+](=O)[O-])c(Sc2nc(CC)ns2)n1. The van der Waals surface area contributed by atoms with Crippen LogP contribution in [0.15, 0.2) is 21.5 Å². The molecule has 0 spiro atoms. The van der Waals surface area contributed by atoms with Crippen molar-refractivity contribution in [3.8, 4) is 0 Å². The number of aryl methyl sites for hydroxylation is 1. The van der Waals surface area contributed by atoms with Gasteiger partial charge in [-0.15, -0.1) is 0 Å². The molecule has 0 atom stereocenters. The van der Waals surface area contributed by atoms with E-state index in [2.05, 4.69) is 19.7 Å². The summed E-state index contributed by atoms with van der Waals surface area (Å²) >= 11 is 2.41. The van der Waals surface area contributed by atoms with Crippen molar-refractivity contribution in [2.45, 2.75) is 36.1 Å². The molecule has 0 saturated heterocycles. The maximum Gasteiger partial charge on any atom is 0.301 e. The van der Waals surface area contributed by atoms with E-state index in [-0.39, 0.29) is 5.69 Å². The third kappa shape index (κ3) is 4.11. The van der Waals surface area contributed by atoms with Crippen LogP contribution in [0.1, 0.15) is 26.1 Å². The first-order valence-electron chi connectivity index (χ1n) is 6.53. The van der Waals surface area contributed by atoms with E-state index in [0.29, 0.717) is 15.2 Å². The Hall–Kier alpha value is -1.74. The first-order chi connectivity index (χ1) is 10.1. The number of hydrogen-bond acceptors (Lipinski definition) is 8. The molecule has 0 aliphatic rings. The first-order valence-corrected chi connectivity index (χ1v) is 8.12. The minimum atomic E-state index is -0.430. The van der Waals surface area contributed by atoms with Gasteiger partial charge in [0.2, 0.25) is 0 Å². The van der Waals surface area contributed by atoms with Crippen LogP contribution in [-0.2, 0) is 6.42 Å². The number of aromatic nitrogens is 3. The van der Waals surface area contributed by atoms with Crippen molar-refractivity contribution in [3.05, 3.63) is 28.1 Å². The van der Waals surface area contributed by atoms with Crippen molar-refractivity contribution < 1.29 is 4.92 Å². The van der Waals surface area contributed by atoms with E-state index in [4.69, 9.17) is 0 Å². The molecule has 0 unspecified atom stereocenters. The maximum absolute atomic E-state index is 11.1. The highest BCUT2D eigenvalue weighted by molar-refractivity contribution is 8.01. The van der Waals surface area contributed by atoms with Gasteiger partial charge >= 0.3 is 5.69 Å². The molecule has 2 heterocycles. The molecule has 0 fully saturated rings. The second kappa shape index (κ2) is 7.32. The van der Waals surface area contributed by atoms with Gasteiger partial charge in [0.05, 0.1) is 4.92 Å². The molecule has 0 aliphatic carbocycles. The van der Waals surface area contributed by atoms with Gasteiger partial charge in [-0.25, -0.2) is 9.97 Å². The van der Waals surface area contributed by atoms with Gasteiger partial charge in [0.1, 0.15) is 11.6 Å². The summed E-state index contributed by atoms with van der Waals surface area (Å²) in [7, 11) is 0. The fourth-order valence-corrected chi connectivity index (χ4v) is 3.21. The normalized spacial score (nSPS) is 10.6. The molecule has 7 nitrogen and oxygen atoms in total. The molecule has 2 aromatic rings. The van der Waals surface area contributed by atoms with E-state index in [1.807, 2.05) is 13.8 Å². The van der Waals surface area contributed by atoms with Gasteiger partial charge in [-0.2, -0.15) is 4.37 Å². The monoisotopic (exact) mass is 325 g/mol. The topological polar surface area (TPSA) is 93.8 Å². The molecule has 9 heteroatoms. The Balaban J connectivity index is 2.27. The number of hydrogen-bond donors (Lipinski definition) is 1. The number of pyridine rings is 1. The van der Waals surface area contributed by atoms with E-state index in [1.165, 1.54) is 29.4 Å². The van der Waals surface area contributed by atoms with Gasteiger partial charge in [0.15, 0.2) is 9.37 Å². The summed E-state index contributed by atoms with van der Waals surface area (Å²) in [5.74, 6) is 1.37. The van der Waals surface area contributed by atoms with Crippen LogP contribution in [-0.4, -0.2) is 25.8 Å². The zero-order valence-electron chi connectivity index (χ0n) is 11.7. The number of rotatable bonds is 7. The quantitative estimate of drug-likeness (QED) is 0.616. The largest absolute Gasteiger partial charge is 0.370 e. The number of nitro groups is 1. The van der Waals surface area contributed by atoms with Gasteiger partial charge in [-0.1, -0.05) is 13.8 Å². The second-order valence-electron chi connectivity index (χ2n) is 4.14. The number of nitrogens with one attached hydrogen (secondary N) is 1. The predicted molar refractivity (Wildman–Crippen MR) is 83.1 cm³/mol. The van der Waals surface area contributed by atoms with Crippen molar-refractivity contribution in [1.29, 1.82) is 0 Å².